The molecular formula is C19H26BrCl2N3. The fourth-order valence-corrected chi connectivity index (χ4v) is 3.47. The van der Waals surface area contributed by atoms with Gasteiger partial charge < -0.3 is 16.0 Å². The first-order valence-corrected chi connectivity index (χ1v) is 9.84. The van der Waals surface area contributed by atoms with Crippen LogP contribution in [-0.4, -0.2) is 18.1 Å². The Balaban J connectivity index is 3.03. The van der Waals surface area contributed by atoms with Crippen LogP contribution in [0.4, 0.5) is 5.69 Å². The van der Waals surface area contributed by atoms with Gasteiger partial charge in [0.25, 0.3) is 0 Å². The third-order valence-electron chi connectivity index (χ3n) is 3.52. The zero-order chi connectivity index (χ0) is 18.8. The van der Waals surface area contributed by atoms with Crippen molar-refractivity contribution in [2.45, 2.75) is 33.6 Å². The van der Waals surface area contributed by atoms with Crippen molar-refractivity contribution in [3.63, 3.8) is 0 Å². The van der Waals surface area contributed by atoms with E-state index >= 15 is 0 Å². The molecule has 6 heteroatoms. The number of anilines is 1. The zero-order valence-electron chi connectivity index (χ0n) is 15.0. The molecule has 0 aliphatic carbocycles. The molecule has 0 fully saturated rings. The van der Waals surface area contributed by atoms with E-state index in [1.54, 1.807) is 6.07 Å². The highest BCUT2D eigenvalue weighted by Crippen LogP contribution is 2.27. The molecule has 0 amide bonds. The van der Waals surface area contributed by atoms with Crippen molar-refractivity contribution in [1.29, 1.82) is 0 Å². The highest BCUT2D eigenvalue weighted by molar-refractivity contribution is 9.12. The van der Waals surface area contributed by atoms with Gasteiger partial charge in [0.2, 0.25) is 0 Å². The summed E-state index contributed by atoms with van der Waals surface area (Å²) in [4.78, 5) is 2.22. The molecule has 0 unspecified atom stereocenters. The lowest BCUT2D eigenvalue weighted by Gasteiger charge is -2.29. The van der Waals surface area contributed by atoms with Gasteiger partial charge in [0, 0.05) is 21.7 Å². The maximum absolute atomic E-state index is 6.26. The van der Waals surface area contributed by atoms with E-state index in [1.807, 2.05) is 44.2 Å². The molecule has 1 rings (SSSR count). The highest BCUT2D eigenvalue weighted by Gasteiger charge is 2.15. The Labute approximate surface area is 169 Å². The first kappa shape index (κ1) is 21.9. The van der Waals surface area contributed by atoms with Crippen LogP contribution in [0.5, 0.6) is 0 Å². The summed E-state index contributed by atoms with van der Waals surface area (Å²) in [5.74, 6) is 0. The molecular weight excluding hydrogens is 421 g/mol. The summed E-state index contributed by atoms with van der Waals surface area (Å²) in [5, 5.41) is 4.59. The largest absolute Gasteiger partial charge is 0.401 e. The third-order valence-corrected chi connectivity index (χ3v) is 4.71. The average molecular weight is 447 g/mol. The number of unbranched alkanes of at least 4 members (excludes halogenated alkanes) is 1. The lowest BCUT2D eigenvalue weighted by atomic mass is 10.2. The molecule has 0 spiro atoms. The van der Waals surface area contributed by atoms with Gasteiger partial charge in [-0.15, -0.1) is 0 Å². The number of nitrogens with two attached hydrogens (primary N) is 1. The van der Waals surface area contributed by atoms with Crippen LogP contribution in [0.1, 0.15) is 33.6 Å². The number of rotatable bonds is 9. The summed E-state index contributed by atoms with van der Waals surface area (Å²) in [6.07, 6.45) is 8.13. The van der Waals surface area contributed by atoms with Gasteiger partial charge in [0.1, 0.15) is 0 Å². The van der Waals surface area contributed by atoms with Crippen LogP contribution in [0.15, 0.2) is 52.3 Å². The second-order valence-corrected chi connectivity index (χ2v) is 7.35. The van der Waals surface area contributed by atoms with Gasteiger partial charge >= 0.3 is 0 Å². The topological polar surface area (TPSA) is 41.3 Å². The molecule has 0 aromatic heterocycles. The summed E-state index contributed by atoms with van der Waals surface area (Å²) < 4.78 is 0.950. The Morgan fingerprint density at radius 2 is 2.08 bits per heavy atom. The molecule has 0 aliphatic heterocycles. The standard InChI is InChI=1S/C19H26BrCl2N3/c1-4-6-8-16(20)19(14(3)23)25(11-7-5-2)13-24-18-10-9-15(21)12-17(18)22/h4,6,8-10,12,24H,5,7,11,13,23H2,1-3H3/b6-4-,16-8+,19-14-. The molecule has 0 radical (unpaired) electrons. The van der Waals surface area contributed by atoms with Crippen LogP contribution in [-0.2, 0) is 0 Å². The van der Waals surface area contributed by atoms with Crippen LogP contribution >= 0.6 is 39.1 Å². The summed E-state index contributed by atoms with van der Waals surface area (Å²) in [6, 6.07) is 5.43. The van der Waals surface area contributed by atoms with E-state index in [-0.39, 0.29) is 0 Å². The molecule has 3 nitrogen and oxygen atoms in total. The number of nitrogens with one attached hydrogen (secondary N) is 1. The predicted octanol–water partition coefficient (Wildman–Crippen LogP) is 6.51. The van der Waals surface area contributed by atoms with Crippen molar-refractivity contribution in [1.82, 2.24) is 4.90 Å². The van der Waals surface area contributed by atoms with Crippen LogP contribution < -0.4 is 11.1 Å². The number of hydrogen-bond acceptors (Lipinski definition) is 3. The van der Waals surface area contributed by atoms with E-state index in [0.29, 0.717) is 16.7 Å². The van der Waals surface area contributed by atoms with Gasteiger partial charge in [-0.25, -0.2) is 0 Å². The molecule has 0 heterocycles. The van der Waals surface area contributed by atoms with Crippen LogP contribution in [0.2, 0.25) is 10.0 Å². The van der Waals surface area contributed by atoms with E-state index in [2.05, 4.69) is 33.1 Å². The molecule has 0 saturated carbocycles. The molecule has 3 N–H and O–H groups in total. The highest BCUT2D eigenvalue weighted by atomic mass is 79.9. The molecule has 0 bridgehead atoms. The van der Waals surface area contributed by atoms with Crippen LogP contribution in [0.25, 0.3) is 0 Å². The SMILES string of the molecule is C\C=C/C=C(Br)\C(=C(/C)N)N(CCCC)CNc1ccc(Cl)cc1Cl. The van der Waals surface area contributed by atoms with Crippen molar-refractivity contribution < 1.29 is 0 Å². The van der Waals surface area contributed by atoms with Gasteiger partial charge in [0.05, 0.1) is 23.1 Å². The number of hydrogen-bond donors (Lipinski definition) is 2. The molecule has 1 aromatic rings. The van der Waals surface area contributed by atoms with E-state index < -0.39 is 0 Å². The van der Waals surface area contributed by atoms with Gasteiger partial charge in [-0.3, -0.25) is 0 Å². The van der Waals surface area contributed by atoms with Crippen molar-refractivity contribution in [2.75, 3.05) is 18.5 Å². The summed E-state index contributed by atoms with van der Waals surface area (Å²) in [5.41, 5.74) is 8.75. The quantitative estimate of drug-likeness (QED) is 0.335. The fourth-order valence-electron chi connectivity index (χ4n) is 2.28. The Kier molecular flexibility index (Phi) is 10.1. The molecule has 138 valence electrons. The van der Waals surface area contributed by atoms with E-state index in [0.717, 1.165) is 41.0 Å². The fraction of sp³-hybridized carbons (Fsp3) is 0.368. The smallest absolute Gasteiger partial charge is 0.0877 e. The summed E-state index contributed by atoms with van der Waals surface area (Å²) >= 11 is 15.9. The van der Waals surface area contributed by atoms with Crippen molar-refractivity contribution >= 4 is 44.8 Å². The maximum atomic E-state index is 6.26. The second kappa shape index (κ2) is 11.5. The van der Waals surface area contributed by atoms with E-state index in [4.69, 9.17) is 28.9 Å². The first-order chi connectivity index (χ1) is 11.9. The lowest BCUT2D eigenvalue weighted by molar-refractivity contribution is 0.365. The van der Waals surface area contributed by atoms with Crippen LogP contribution in [0.3, 0.4) is 0 Å². The lowest BCUT2D eigenvalue weighted by Crippen LogP contribution is -2.32. The van der Waals surface area contributed by atoms with Crippen LogP contribution in [0, 0.1) is 0 Å². The van der Waals surface area contributed by atoms with Gasteiger partial charge in [-0.1, -0.05) is 48.7 Å². The minimum atomic E-state index is 0.587. The van der Waals surface area contributed by atoms with Gasteiger partial charge in [-0.05, 0) is 60.5 Å². The number of allylic oxidation sites excluding steroid dienone is 5. The van der Waals surface area contributed by atoms with Crippen molar-refractivity contribution in [3.8, 4) is 0 Å². The van der Waals surface area contributed by atoms with E-state index in [9.17, 15) is 0 Å². The van der Waals surface area contributed by atoms with Gasteiger partial charge in [-0.2, -0.15) is 0 Å². The zero-order valence-corrected chi connectivity index (χ0v) is 18.0. The Morgan fingerprint density at radius 3 is 2.64 bits per heavy atom. The molecule has 1 aromatic carbocycles. The second-order valence-electron chi connectivity index (χ2n) is 5.65. The van der Waals surface area contributed by atoms with Crippen molar-refractivity contribution in [3.05, 3.63) is 62.3 Å². The van der Waals surface area contributed by atoms with E-state index in [1.165, 1.54) is 0 Å². The minimum Gasteiger partial charge on any atom is -0.401 e. The third kappa shape index (κ3) is 7.35. The maximum Gasteiger partial charge on any atom is 0.0877 e. The Bertz CT molecular complexity index is 650. The minimum absolute atomic E-state index is 0.587. The monoisotopic (exact) mass is 445 g/mol. The predicted molar refractivity (Wildman–Crippen MR) is 115 cm³/mol. The van der Waals surface area contributed by atoms with Crippen molar-refractivity contribution in [2.24, 2.45) is 5.73 Å². The summed E-state index contributed by atoms with van der Waals surface area (Å²) in [7, 11) is 0. The Morgan fingerprint density at radius 1 is 1.36 bits per heavy atom. The first-order valence-electron chi connectivity index (χ1n) is 8.29. The normalized spacial score (nSPS) is 13.1. The Hall–Kier alpha value is -1.10. The average Bonchev–Trinajstić information content (AvgIpc) is 2.56. The number of nitrogens with zero attached hydrogens (tertiary/aromatic N) is 1. The molecule has 0 atom stereocenters. The van der Waals surface area contributed by atoms with Gasteiger partial charge in [0.15, 0.2) is 0 Å². The number of halogens is 3. The molecule has 0 aliphatic rings. The number of benzene rings is 1. The molecule has 0 saturated heterocycles. The summed E-state index contributed by atoms with van der Waals surface area (Å²) in [6.45, 7) is 7.54. The molecule has 25 heavy (non-hydrogen) atoms.